The second-order valence-corrected chi connectivity index (χ2v) is 8.15. The number of imidazole rings is 1. The minimum atomic E-state index is -0.684. The minimum absolute atomic E-state index is 0.00669. The Hall–Kier alpha value is -2.94. The van der Waals surface area contributed by atoms with E-state index in [-0.39, 0.29) is 23.1 Å². The molecule has 2 unspecified atom stereocenters. The number of carbonyl (C=O) groups is 1. The van der Waals surface area contributed by atoms with Gasteiger partial charge < -0.3 is 19.5 Å². The van der Waals surface area contributed by atoms with Crippen LogP contribution in [-0.4, -0.2) is 56.6 Å². The monoisotopic (exact) mass is 413 g/mol. The number of anilines is 1. The standard InChI is InChI=1S/C21H27N5O4/c1-23-12-8-22-20(23)19(27)15-5-4-11-25(14-15)16-6-7-18(26(29)30)17(13-16)21(28)24-9-2-3-10-24/h6-8,12-13,15,19,27H,2-5,9-11,14H2,1H3. The number of aliphatic hydroxyl groups is 1. The highest BCUT2D eigenvalue weighted by Gasteiger charge is 2.31. The van der Waals surface area contributed by atoms with Crippen molar-refractivity contribution in [3.63, 3.8) is 0 Å². The van der Waals surface area contributed by atoms with Crippen molar-refractivity contribution in [2.45, 2.75) is 31.8 Å². The molecule has 30 heavy (non-hydrogen) atoms. The van der Waals surface area contributed by atoms with Crippen LogP contribution in [0, 0.1) is 16.0 Å². The van der Waals surface area contributed by atoms with Crippen molar-refractivity contribution in [3.05, 3.63) is 52.1 Å². The molecule has 2 atom stereocenters. The van der Waals surface area contributed by atoms with E-state index in [0.717, 1.165) is 37.9 Å². The number of aromatic nitrogens is 2. The van der Waals surface area contributed by atoms with Crippen molar-refractivity contribution in [2.24, 2.45) is 13.0 Å². The Bertz CT molecular complexity index is 937. The predicted molar refractivity (Wildman–Crippen MR) is 111 cm³/mol. The number of aliphatic hydroxyl groups excluding tert-OH is 1. The van der Waals surface area contributed by atoms with Crippen LogP contribution in [0.2, 0.25) is 0 Å². The van der Waals surface area contributed by atoms with Gasteiger partial charge in [-0.3, -0.25) is 14.9 Å². The molecule has 9 heteroatoms. The Kier molecular flexibility index (Phi) is 5.72. The van der Waals surface area contributed by atoms with Crippen LogP contribution >= 0.6 is 0 Å². The number of nitro groups is 1. The lowest BCUT2D eigenvalue weighted by molar-refractivity contribution is -0.385. The van der Waals surface area contributed by atoms with Gasteiger partial charge in [0.1, 0.15) is 17.5 Å². The van der Waals surface area contributed by atoms with Crippen molar-refractivity contribution in [1.29, 1.82) is 0 Å². The molecule has 1 N–H and O–H groups in total. The Balaban J connectivity index is 1.58. The molecule has 0 aliphatic carbocycles. The number of nitro benzene ring substituents is 1. The highest BCUT2D eigenvalue weighted by molar-refractivity contribution is 5.99. The number of hydrogen-bond acceptors (Lipinski definition) is 6. The fraction of sp³-hybridized carbons (Fsp3) is 0.524. The molecule has 0 bridgehead atoms. The summed E-state index contributed by atoms with van der Waals surface area (Å²) < 4.78 is 1.82. The van der Waals surface area contributed by atoms with E-state index in [1.54, 1.807) is 23.2 Å². The summed E-state index contributed by atoms with van der Waals surface area (Å²) in [6.07, 6.45) is 6.42. The Labute approximate surface area is 175 Å². The molecule has 1 amide bonds. The summed E-state index contributed by atoms with van der Waals surface area (Å²) in [6, 6.07) is 4.78. The lowest BCUT2D eigenvalue weighted by atomic mass is 9.91. The van der Waals surface area contributed by atoms with Gasteiger partial charge in [-0.05, 0) is 37.8 Å². The van der Waals surface area contributed by atoms with Crippen molar-refractivity contribution in [3.8, 4) is 0 Å². The molecule has 0 radical (unpaired) electrons. The topological polar surface area (TPSA) is 105 Å². The predicted octanol–water partition coefficient (Wildman–Crippen LogP) is 2.51. The molecular formula is C21H27N5O4. The van der Waals surface area contributed by atoms with E-state index < -0.39 is 11.0 Å². The van der Waals surface area contributed by atoms with Gasteiger partial charge in [0.15, 0.2) is 0 Å². The van der Waals surface area contributed by atoms with E-state index in [4.69, 9.17) is 0 Å². The van der Waals surface area contributed by atoms with Gasteiger partial charge in [0, 0.05) is 63.3 Å². The van der Waals surface area contributed by atoms with E-state index >= 15 is 0 Å². The lowest BCUT2D eigenvalue weighted by Crippen LogP contribution is -2.38. The van der Waals surface area contributed by atoms with E-state index in [1.807, 2.05) is 17.8 Å². The maximum absolute atomic E-state index is 12.9. The Morgan fingerprint density at radius 2 is 2.03 bits per heavy atom. The quantitative estimate of drug-likeness (QED) is 0.597. The van der Waals surface area contributed by atoms with Crippen LogP contribution in [0.3, 0.4) is 0 Å². The van der Waals surface area contributed by atoms with Crippen molar-refractivity contribution < 1.29 is 14.8 Å². The molecule has 3 heterocycles. The van der Waals surface area contributed by atoms with Crippen LogP contribution in [0.15, 0.2) is 30.6 Å². The average Bonchev–Trinajstić information content (AvgIpc) is 3.44. The molecule has 1 aromatic carbocycles. The smallest absolute Gasteiger partial charge is 0.282 e. The van der Waals surface area contributed by atoms with Crippen LogP contribution in [0.4, 0.5) is 11.4 Å². The summed E-state index contributed by atoms with van der Waals surface area (Å²) >= 11 is 0. The Morgan fingerprint density at radius 3 is 2.70 bits per heavy atom. The Morgan fingerprint density at radius 1 is 1.27 bits per heavy atom. The largest absolute Gasteiger partial charge is 0.385 e. The molecule has 1 aromatic heterocycles. The number of carbonyl (C=O) groups excluding carboxylic acids is 1. The van der Waals surface area contributed by atoms with Gasteiger partial charge >= 0.3 is 0 Å². The zero-order valence-corrected chi connectivity index (χ0v) is 17.1. The molecule has 0 spiro atoms. The van der Waals surface area contributed by atoms with Crippen molar-refractivity contribution in [1.82, 2.24) is 14.5 Å². The summed E-state index contributed by atoms with van der Waals surface area (Å²) in [5.41, 5.74) is 0.767. The molecule has 2 aliphatic rings. The zero-order valence-electron chi connectivity index (χ0n) is 17.1. The van der Waals surface area contributed by atoms with Crippen molar-refractivity contribution >= 4 is 17.3 Å². The first-order valence-corrected chi connectivity index (χ1v) is 10.4. The van der Waals surface area contributed by atoms with E-state index in [9.17, 15) is 20.0 Å². The summed E-state index contributed by atoms with van der Waals surface area (Å²) in [4.78, 5) is 32.0. The number of nitrogens with zero attached hydrogens (tertiary/aromatic N) is 5. The first kappa shape index (κ1) is 20.3. The number of rotatable bonds is 5. The SMILES string of the molecule is Cn1ccnc1C(O)C1CCCN(c2ccc([N+](=O)[O-])c(C(=O)N3CCCC3)c2)C1. The van der Waals surface area contributed by atoms with E-state index in [2.05, 4.69) is 9.88 Å². The third-order valence-electron chi connectivity index (χ3n) is 6.19. The molecule has 2 aromatic rings. The van der Waals surface area contributed by atoms with Gasteiger partial charge in [-0.1, -0.05) is 0 Å². The van der Waals surface area contributed by atoms with Gasteiger partial charge in [-0.25, -0.2) is 4.98 Å². The van der Waals surface area contributed by atoms with Gasteiger partial charge in [0.2, 0.25) is 0 Å². The first-order chi connectivity index (χ1) is 14.5. The molecule has 4 rings (SSSR count). The second kappa shape index (κ2) is 8.43. The van der Waals surface area contributed by atoms with Crippen LogP contribution in [0.25, 0.3) is 0 Å². The first-order valence-electron chi connectivity index (χ1n) is 10.4. The van der Waals surface area contributed by atoms with Gasteiger partial charge in [0.25, 0.3) is 11.6 Å². The molecule has 2 saturated heterocycles. The summed E-state index contributed by atoms with van der Waals surface area (Å²) in [6.45, 7) is 2.66. The number of aryl methyl sites for hydroxylation is 1. The van der Waals surface area contributed by atoms with Crippen LogP contribution in [-0.2, 0) is 7.05 Å². The number of likely N-dealkylation sites (tertiary alicyclic amines) is 1. The summed E-state index contributed by atoms with van der Waals surface area (Å²) in [7, 11) is 1.86. The third-order valence-corrected chi connectivity index (χ3v) is 6.19. The van der Waals surface area contributed by atoms with Crippen LogP contribution in [0.5, 0.6) is 0 Å². The number of piperidine rings is 1. The minimum Gasteiger partial charge on any atom is -0.385 e. The molecule has 9 nitrogen and oxygen atoms in total. The van der Waals surface area contributed by atoms with Gasteiger partial charge in [-0.15, -0.1) is 0 Å². The fourth-order valence-electron chi connectivity index (χ4n) is 4.52. The van der Waals surface area contributed by atoms with Gasteiger partial charge in [-0.2, -0.15) is 0 Å². The molecule has 160 valence electrons. The number of benzene rings is 1. The molecule has 2 aliphatic heterocycles. The highest BCUT2D eigenvalue weighted by Crippen LogP contribution is 2.33. The highest BCUT2D eigenvalue weighted by atomic mass is 16.6. The van der Waals surface area contributed by atoms with Gasteiger partial charge in [0.05, 0.1) is 4.92 Å². The maximum atomic E-state index is 12.9. The van der Waals surface area contributed by atoms with E-state index in [1.165, 1.54) is 6.07 Å². The third kappa shape index (κ3) is 3.89. The fourth-order valence-corrected chi connectivity index (χ4v) is 4.52. The van der Waals surface area contributed by atoms with E-state index in [0.29, 0.717) is 25.5 Å². The summed E-state index contributed by atoms with van der Waals surface area (Å²) in [5, 5.41) is 22.3. The average molecular weight is 413 g/mol. The van der Waals surface area contributed by atoms with Crippen LogP contribution in [0.1, 0.15) is 48.0 Å². The second-order valence-electron chi connectivity index (χ2n) is 8.15. The molecule has 2 fully saturated rings. The normalized spacial score (nSPS) is 20.4. The molecule has 0 saturated carbocycles. The van der Waals surface area contributed by atoms with Crippen molar-refractivity contribution in [2.75, 3.05) is 31.1 Å². The van der Waals surface area contributed by atoms with Crippen LogP contribution < -0.4 is 4.90 Å². The lowest BCUT2D eigenvalue weighted by Gasteiger charge is -2.36. The maximum Gasteiger partial charge on any atom is 0.282 e. The number of hydrogen-bond donors (Lipinski definition) is 1. The summed E-state index contributed by atoms with van der Waals surface area (Å²) in [5.74, 6) is 0.353. The zero-order chi connectivity index (χ0) is 21.3. The molecular weight excluding hydrogens is 386 g/mol. The number of amides is 1.